The number of para-hydroxylation sites is 1. The maximum absolute atomic E-state index is 13.5. The number of benzene rings is 2. The van der Waals surface area contributed by atoms with E-state index in [2.05, 4.69) is 28.8 Å². The summed E-state index contributed by atoms with van der Waals surface area (Å²) in [7, 11) is -4.00. The molecule has 1 saturated heterocycles. The molecule has 2 aliphatic rings. The second kappa shape index (κ2) is 12.3. The summed E-state index contributed by atoms with van der Waals surface area (Å²) in [5.41, 5.74) is 2.49. The quantitative estimate of drug-likeness (QED) is 0.324. The van der Waals surface area contributed by atoms with Crippen molar-refractivity contribution in [2.24, 2.45) is 5.92 Å². The second-order valence-corrected chi connectivity index (χ2v) is 12.1. The minimum atomic E-state index is -4.00. The van der Waals surface area contributed by atoms with Gasteiger partial charge in [0, 0.05) is 19.1 Å². The molecule has 202 valence electrons. The SMILES string of the molecule is CCC(CC)CN1CCC[C@H]1CCNc1ccccc1S(=O)(=O)Nc1ccc2c(c1C(=O)O)CCCC2. The zero-order valence-electron chi connectivity index (χ0n) is 22.1. The number of hydrogen-bond donors (Lipinski definition) is 3. The number of aromatic carboxylic acids is 1. The van der Waals surface area contributed by atoms with Crippen molar-refractivity contribution in [1.82, 2.24) is 4.90 Å². The molecule has 0 amide bonds. The van der Waals surface area contributed by atoms with Crippen LogP contribution in [0.25, 0.3) is 0 Å². The number of anilines is 2. The van der Waals surface area contributed by atoms with Crippen molar-refractivity contribution in [2.45, 2.75) is 82.6 Å². The first-order valence-electron chi connectivity index (χ1n) is 13.8. The molecular weight excluding hydrogens is 486 g/mol. The molecular formula is C29H41N3O4S. The smallest absolute Gasteiger partial charge is 0.338 e. The summed E-state index contributed by atoms with van der Waals surface area (Å²) in [6.45, 7) is 7.48. The molecule has 1 aliphatic heterocycles. The largest absolute Gasteiger partial charge is 0.478 e. The number of carboxylic acid groups (broad SMARTS) is 1. The number of nitrogens with zero attached hydrogens (tertiary/aromatic N) is 1. The van der Waals surface area contributed by atoms with Gasteiger partial charge in [-0.2, -0.15) is 0 Å². The van der Waals surface area contributed by atoms with E-state index in [4.69, 9.17) is 0 Å². The van der Waals surface area contributed by atoms with Crippen molar-refractivity contribution in [1.29, 1.82) is 0 Å². The Labute approximate surface area is 221 Å². The van der Waals surface area contributed by atoms with Crippen LogP contribution in [0, 0.1) is 5.92 Å². The molecule has 37 heavy (non-hydrogen) atoms. The summed E-state index contributed by atoms with van der Waals surface area (Å²) in [4.78, 5) is 14.9. The van der Waals surface area contributed by atoms with E-state index in [0.29, 0.717) is 24.7 Å². The number of carbonyl (C=O) groups is 1. The van der Waals surface area contributed by atoms with Gasteiger partial charge < -0.3 is 15.3 Å². The molecule has 1 atom stereocenters. The van der Waals surface area contributed by atoms with Gasteiger partial charge in [0.25, 0.3) is 10.0 Å². The maximum atomic E-state index is 13.5. The zero-order valence-corrected chi connectivity index (χ0v) is 22.9. The lowest BCUT2D eigenvalue weighted by atomic mass is 9.87. The number of hydrogen-bond acceptors (Lipinski definition) is 5. The monoisotopic (exact) mass is 527 g/mol. The Morgan fingerprint density at radius 3 is 2.57 bits per heavy atom. The van der Waals surface area contributed by atoms with Crippen LogP contribution in [0.4, 0.5) is 11.4 Å². The molecule has 1 fully saturated rings. The standard InChI is InChI=1S/C29H41N3O4S/c1-3-21(4-2)20-32-19-9-11-23(32)17-18-30-25-13-7-8-14-27(25)37(35,36)31-26-16-15-22-10-5-6-12-24(22)28(26)29(33)34/h7-8,13-16,21,23,30-31H,3-6,9-12,17-20H2,1-2H3,(H,33,34)/t23-/m0/s1. The third-order valence-corrected chi connectivity index (χ3v) is 9.53. The van der Waals surface area contributed by atoms with Gasteiger partial charge in [0.2, 0.25) is 0 Å². The first-order valence-corrected chi connectivity index (χ1v) is 15.3. The molecule has 0 aromatic heterocycles. The van der Waals surface area contributed by atoms with Crippen LogP contribution in [-0.4, -0.2) is 50.1 Å². The lowest BCUT2D eigenvalue weighted by Gasteiger charge is -2.28. The molecule has 3 N–H and O–H groups in total. The van der Waals surface area contributed by atoms with Gasteiger partial charge >= 0.3 is 5.97 Å². The highest BCUT2D eigenvalue weighted by Crippen LogP contribution is 2.32. The van der Waals surface area contributed by atoms with Crippen molar-refractivity contribution in [3.05, 3.63) is 53.1 Å². The van der Waals surface area contributed by atoms with Gasteiger partial charge in [-0.05, 0) is 86.7 Å². The number of aryl methyl sites for hydroxylation is 1. The van der Waals surface area contributed by atoms with Crippen LogP contribution >= 0.6 is 0 Å². The average molecular weight is 528 g/mol. The van der Waals surface area contributed by atoms with Gasteiger partial charge in [-0.15, -0.1) is 0 Å². The van der Waals surface area contributed by atoms with Crippen molar-refractivity contribution in [2.75, 3.05) is 29.7 Å². The first kappa shape index (κ1) is 27.5. The number of carboxylic acids is 1. The van der Waals surface area contributed by atoms with E-state index < -0.39 is 16.0 Å². The van der Waals surface area contributed by atoms with Crippen molar-refractivity contribution in [3.8, 4) is 0 Å². The van der Waals surface area contributed by atoms with Crippen LogP contribution in [-0.2, 0) is 22.9 Å². The number of fused-ring (bicyclic) bond motifs is 1. The van der Waals surface area contributed by atoms with Gasteiger partial charge in [0.1, 0.15) is 4.90 Å². The summed E-state index contributed by atoms with van der Waals surface area (Å²) >= 11 is 0. The third kappa shape index (κ3) is 6.47. The minimum Gasteiger partial charge on any atom is -0.478 e. The van der Waals surface area contributed by atoms with Gasteiger partial charge in [0.05, 0.1) is 16.9 Å². The van der Waals surface area contributed by atoms with Crippen LogP contribution in [0.2, 0.25) is 0 Å². The fourth-order valence-corrected chi connectivity index (χ4v) is 7.18. The molecule has 8 heteroatoms. The molecule has 0 radical (unpaired) electrons. The van der Waals surface area contributed by atoms with E-state index in [-0.39, 0.29) is 16.1 Å². The molecule has 0 spiro atoms. The fraction of sp³-hybridized carbons (Fsp3) is 0.552. The minimum absolute atomic E-state index is 0.0741. The van der Waals surface area contributed by atoms with Crippen LogP contribution < -0.4 is 10.0 Å². The van der Waals surface area contributed by atoms with E-state index in [1.54, 1.807) is 24.3 Å². The number of nitrogens with one attached hydrogen (secondary N) is 2. The summed E-state index contributed by atoms with van der Waals surface area (Å²) in [5.74, 6) is -0.373. The Balaban J connectivity index is 1.47. The molecule has 0 saturated carbocycles. The fourth-order valence-electron chi connectivity index (χ4n) is 5.92. The number of rotatable bonds is 12. The molecule has 0 bridgehead atoms. The molecule has 4 rings (SSSR count). The lowest BCUT2D eigenvalue weighted by Crippen LogP contribution is -2.35. The average Bonchev–Trinajstić information content (AvgIpc) is 3.33. The van der Waals surface area contributed by atoms with Gasteiger partial charge in [-0.1, -0.05) is 44.9 Å². The lowest BCUT2D eigenvalue weighted by molar-refractivity contribution is 0.0696. The Morgan fingerprint density at radius 1 is 1.05 bits per heavy atom. The number of likely N-dealkylation sites (tertiary alicyclic amines) is 1. The molecule has 2 aromatic carbocycles. The predicted molar refractivity (Wildman–Crippen MR) is 149 cm³/mol. The molecule has 2 aromatic rings. The Morgan fingerprint density at radius 2 is 1.81 bits per heavy atom. The van der Waals surface area contributed by atoms with E-state index >= 15 is 0 Å². The van der Waals surface area contributed by atoms with Gasteiger partial charge in [-0.25, -0.2) is 13.2 Å². The highest BCUT2D eigenvalue weighted by molar-refractivity contribution is 7.92. The third-order valence-electron chi connectivity index (χ3n) is 8.11. The maximum Gasteiger partial charge on any atom is 0.338 e. The van der Waals surface area contributed by atoms with Crippen LogP contribution in [0.3, 0.4) is 0 Å². The normalized spacial score (nSPS) is 18.1. The van der Waals surface area contributed by atoms with Crippen molar-refractivity contribution < 1.29 is 18.3 Å². The van der Waals surface area contributed by atoms with Gasteiger partial charge in [-0.3, -0.25) is 4.72 Å². The summed E-state index contributed by atoms with van der Waals surface area (Å²) in [6, 6.07) is 10.8. The molecule has 7 nitrogen and oxygen atoms in total. The van der Waals surface area contributed by atoms with Gasteiger partial charge in [0.15, 0.2) is 0 Å². The molecule has 0 unspecified atom stereocenters. The van der Waals surface area contributed by atoms with E-state index in [1.165, 1.54) is 25.7 Å². The second-order valence-electron chi connectivity index (χ2n) is 10.4. The van der Waals surface area contributed by atoms with Crippen LogP contribution in [0.1, 0.15) is 80.3 Å². The van der Waals surface area contributed by atoms with Crippen molar-refractivity contribution in [3.63, 3.8) is 0 Å². The zero-order chi connectivity index (χ0) is 26.4. The summed E-state index contributed by atoms with van der Waals surface area (Å²) in [5, 5.41) is 13.3. The number of sulfonamides is 1. The Bertz CT molecular complexity index is 1190. The summed E-state index contributed by atoms with van der Waals surface area (Å²) < 4.78 is 29.5. The highest BCUT2D eigenvalue weighted by atomic mass is 32.2. The summed E-state index contributed by atoms with van der Waals surface area (Å²) in [6.07, 6.45) is 9.15. The van der Waals surface area contributed by atoms with Crippen molar-refractivity contribution >= 4 is 27.4 Å². The Hall–Kier alpha value is -2.58. The van der Waals surface area contributed by atoms with Crippen LogP contribution in [0.5, 0.6) is 0 Å². The molecule has 1 aliphatic carbocycles. The van der Waals surface area contributed by atoms with E-state index in [1.807, 2.05) is 12.1 Å². The first-order chi connectivity index (χ1) is 17.8. The highest BCUT2D eigenvalue weighted by Gasteiger charge is 2.27. The Kier molecular flexibility index (Phi) is 9.13. The topological polar surface area (TPSA) is 98.7 Å². The van der Waals surface area contributed by atoms with E-state index in [0.717, 1.165) is 55.8 Å². The van der Waals surface area contributed by atoms with Crippen LogP contribution in [0.15, 0.2) is 41.3 Å². The predicted octanol–water partition coefficient (Wildman–Crippen LogP) is 5.77. The molecule has 1 heterocycles. The van der Waals surface area contributed by atoms with E-state index in [9.17, 15) is 18.3 Å².